The molecule has 0 spiro atoms. The Morgan fingerprint density at radius 2 is 1.66 bits per heavy atom. The van der Waals surface area contributed by atoms with Crippen LogP contribution in [0.1, 0.15) is 36.5 Å². The zero-order chi connectivity index (χ0) is 23.1. The summed E-state index contributed by atoms with van der Waals surface area (Å²) in [6.45, 7) is 4.20. The van der Waals surface area contributed by atoms with Crippen LogP contribution in [-0.4, -0.2) is 17.0 Å². The number of halogens is 1. The molecule has 0 radical (unpaired) electrons. The van der Waals surface area contributed by atoms with Crippen molar-refractivity contribution in [3.8, 4) is 11.5 Å². The van der Waals surface area contributed by atoms with Crippen LogP contribution in [0.3, 0.4) is 0 Å². The van der Waals surface area contributed by atoms with Gasteiger partial charge >= 0.3 is 5.97 Å². The van der Waals surface area contributed by atoms with Crippen LogP contribution in [0, 0.1) is 0 Å². The van der Waals surface area contributed by atoms with Gasteiger partial charge in [-0.2, -0.15) is 0 Å². The molecule has 0 aliphatic rings. The monoisotopic (exact) mass is 493 g/mol. The second-order valence-corrected chi connectivity index (χ2v) is 8.44. The standard InChI is InChI=1S/C26H24BrNO4/c1-17(2)20-11-7-19(8-12-20)16-25(29)28-23(26(30)31)15-18-9-13-21(14-10-18)32-24-6-4-3-5-22(24)27/h3-15,17H,16H2,1-2H3,(H,28,29)(H,30,31)/b23-15-. The number of carbonyl (C=O) groups excluding carboxylic acids is 1. The fourth-order valence-corrected chi connectivity index (χ4v) is 3.37. The number of para-hydroxylation sites is 1. The minimum atomic E-state index is -1.21. The van der Waals surface area contributed by atoms with E-state index >= 15 is 0 Å². The van der Waals surface area contributed by atoms with Crippen molar-refractivity contribution in [2.45, 2.75) is 26.2 Å². The number of ether oxygens (including phenoxy) is 1. The number of carbonyl (C=O) groups is 2. The van der Waals surface area contributed by atoms with E-state index in [1.54, 1.807) is 24.3 Å². The predicted molar refractivity (Wildman–Crippen MR) is 129 cm³/mol. The zero-order valence-electron chi connectivity index (χ0n) is 17.8. The average Bonchev–Trinajstić information content (AvgIpc) is 2.76. The number of carboxylic acids is 1. The van der Waals surface area contributed by atoms with Gasteiger partial charge in [-0.1, -0.05) is 62.4 Å². The molecule has 32 heavy (non-hydrogen) atoms. The van der Waals surface area contributed by atoms with E-state index in [-0.39, 0.29) is 18.0 Å². The Morgan fingerprint density at radius 1 is 1.00 bits per heavy atom. The highest BCUT2D eigenvalue weighted by atomic mass is 79.9. The zero-order valence-corrected chi connectivity index (χ0v) is 19.4. The van der Waals surface area contributed by atoms with Crippen molar-refractivity contribution in [1.29, 1.82) is 0 Å². The summed E-state index contributed by atoms with van der Waals surface area (Å²) in [5.74, 6) is 0.104. The first-order valence-electron chi connectivity index (χ1n) is 10.2. The van der Waals surface area contributed by atoms with E-state index in [1.807, 2.05) is 48.5 Å². The Morgan fingerprint density at radius 3 is 2.25 bits per heavy atom. The summed E-state index contributed by atoms with van der Waals surface area (Å²) in [4.78, 5) is 24.0. The van der Waals surface area contributed by atoms with E-state index in [4.69, 9.17) is 4.74 Å². The maximum atomic E-state index is 12.4. The topological polar surface area (TPSA) is 75.6 Å². The second-order valence-electron chi connectivity index (χ2n) is 7.59. The van der Waals surface area contributed by atoms with Gasteiger partial charge in [0.2, 0.25) is 5.91 Å². The van der Waals surface area contributed by atoms with Crippen LogP contribution >= 0.6 is 15.9 Å². The van der Waals surface area contributed by atoms with Crippen molar-refractivity contribution in [3.63, 3.8) is 0 Å². The predicted octanol–water partition coefficient (Wildman–Crippen LogP) is 6.15. The van der Waals surface area contributed by atoms with Gasteiger partial charge in [-0.25, -0.2) is 4.79 Å². The molecule has 0 saturated heterocycles. The Balaban J connectivity index is 1.66. The first-order valence-corrected chi connectivity index (χ1v) is 11.0. The van der Waals surface area contributed by atoms with E-state index in [1.165, 1.54) is 11.6 Å². The molecule has 0 heterocycles. The quantitative estimate of drug-likeness (QED) is 0.369. The summed E-state index contributed by atoms with van der Waals surface area (Å²) in [6, 6.07) is 22.2. The maximum absolute atomic E-state index is 12.4. The van der Waals surface area contributed by atoms with Crippen molar-refractivity contribution >= 4 is 33.9 Å². The van der Waals surface area contributed by atoms with E-state index in [2.05, 4.69) is 35.1 Å². The molecule has 0 aromatic heterocycles. The first-order chi connectivity index (χ1) is 15.3. The molecule has 0 atom stereocenters. The van der Waals surface area contributed by atoms with Gasteiger partial charge in [0.15, 0.2) is 0 Å². The number of nitrogens with one attached hydrogen (secondary N) is 1. The summed E-state index contributed by atoms with van der Waals surface area (Å²) >= 11 is 3.43. The molecule has 164 valence electrons. The van der Waals surface area contributed by atoms with Crippen LogP contribution < -0.4 is 10.1 Å². The normalized spacial score (nSPS) is 11.3. The molecule has 3 aromatic rings. The second kappa shape index (κ2) is 10.8. The molecule has 0 aliphatic carbocycles. The molecule has 0 saturated carbocycles. The molecular formula is C26H24BrNO4. The molecule has 6 heteroatoms. The van der Waals surface area contributed by atoms with Gasteiger partial charge in [0.1, 0.15) is 17.2 Å². The van der Waals surface area contributed by atoms with Crippen LogP contribution in [-0.2, 0) is 16.0 Å². The molecule has 1 amide bonds. The third-order valence-electron chi connectivity index (χ3n) is 4.77. The van der Waals surface area contributed by atoms with E-state index < -0.39 is 5.97 Å². The van der Waals surface area contributed by atoms with Crippen molar-refractivity contribution in [3.05, 3.63) is 99.7 Å². The number of carboxylic acid groups (broad SMARTS) is 1. The molecule has 0 unspecified atom stereocenters. The van der Waals surface area contributed by atoms with Gasteiger partial charge < -0.3 is 15.2 Å². The number of hydrogen-bond acceptors (Lipinski definition) is 3. The minimum Gasteiger partial charge on any atom is -0.477 e. The van der Waals surface area contributed by atoms with Crippen LogP contribution in [0.25, 0.3) is 6.08 Å². The largest absolute Gasteiger partial charge is 0.477 e. The molecular weight excluding hydrogens is 470 g/mol. The SMILES string of the molecule is CC(C)c1ccc(CC(=O)N/C(=C\c2ccc(Oc3ccccc3Br)cc2)C(=O)O)cc1. The van der Waals surface area contributed by atoms with Crippen molar-refractivity contribution < 1.29 is 19.4 Å². The maximum Gasteiger partial charge on any atom is 0.352 e. The number of benzene rings is 3. The molecule has 2 N–H and O–H groups in total. The van der Waals surface area contributed by atoms with E-state index in [9.17, 15) is 14.7 Å². The third-order valence-corrected chi connectivity index (χ3v) is 5.43. The molecule has 5 nitrogen and oxygen atoms in total. The van der Waals surface area contributed by atoms with Gasteiger partial charge in [0.25, 0.3) is 0 Å². The Bertz CT molecular complexity index is 1120. The average molecular weight is 494 g/mol. The summed E-state index contributed by atoms with van der Waals surface area (Å²) < 4.78 is 6.65. The number of amides is 1. The van der Waals surface area contributed by atoms with Crippen LogP contribution in [0.4, 0.5) is 0 Å². The number of aliphatic carboxylic acids is 1. The smallest absolute Gasteiger partial charge is 0.352 e. The lowest BCUT2D eigenvalue weighted by Crippen LogP contribution is -2.28. The van der Waals surface area contributed by atoms with Gasteiger partial charge in [-0.05, 0) is 68.9 Å². The number of rotatable bonds is 8. The lowest BCUT2D eigenvalue weighted by molar-refractivity contribution is -0.134. The van der Waals surface area contributed by atoms with E-state index in [0.29, 0.717) is 23.0 Å². The van der Waals surface area contributed by atoms with Crippen LogP contribution in [0.5, 0.6) is 11.5 Å². The highest BCUT2D eigenvalue weighted by molar-refractivity contribution is 9.10. The van der Waals surface area contributed by atoms with Crippen molar-refractivity contribution in [1.82, 2.24) is 5.32 Å². The highest BCUT2D eigenvalue weighted by Gasteiger charge is 2.13. The van der Waals surface area contributed by atoms with Gasteiger partial charge in [0, 0.05) is 0 Å². The summed E-state index contributed by atoms with van der Waals surface area (Å²) in [5, 5.41) is 12.0. The summed E-state index contributed by atoms with van der Waals surface area (Å²) in [5.41, 5.74) is 2.45. The third kappa shape index (κ3) is 6.56. The molecule has 3 aromatic carbocycles. The van der Waals surface area contributed by atoms with Crippen molar-refractivity contribution in [2.24, 2.45) is 0 Å². The van der Waals surface area contributed by atoms with Gasteiger partial charge in [0.05, 0.1) is 10.9 Å². The molecule has 0 bridgehead atoms. The first kappa shape index (κ1) is 23.3. The summed E-state index contributed by atoms with van der Waals surface area (Å²) in [6.07, 6.45) is 1.52. The molecule has 0 aliphatic heterocycles. The van der Waals surface area contributed by atoms with Gasteiger partial charge in [-0.15, -0.1) is 0 Å². The van der Waals surface area contributed by atoms with Gasteiger partial charge in [-0.3, -0.25) is 4.79 Å². The lowest BCUT2D eigenvalue weighted by Gasteiger charge is -2.09. The van der Waals surface area contributed by atoms with Crippen LogP contribution in [0.15, 0.2) is 83.0 Å². The fourth-order valence-electron chi connectivity index (χ4n) is 3.00. The minimum absolute atomic E-state index is 0.0989. The molecule has 0 fully saturated rings. The van der Waals surface area contributed by atoms with Crippen molar-refractivity contribution in [2.75, 3.05) is 0 Å². The van der Waals surface area contributed by atoms with E-state index in [0.717, 1.165) is 10.0 Å². The Hall–Kier alpha value is -3.38. The van der Waals surface area contributed by atoms with Crippen LogP contribution in [0.2, 0.25) is 0 Å². The molecule has 3 rings (SSSR count). The Labute approximate surface area is 195 Å². The Kier molecular flexibility index (Phi) is 7.84. The lowest BCUT2D eigenvalue weighted by atomic mass is 10.0. The fraction of sp³-hybridized carbons (Fsp3) is 0.154. The highest BCUT2D eigenvalue weighted by Crippen LogP contribution is 2.29. The summed E-state index contributed by atoms with van der Waals surface area (Å²) in [7, 11) is 0. The number of hydrogen-bond donors (Lipinski definition) is 2.